The third-order valence-electron chi connectivity index (χ3n) is 6.83. The minimum atomic E-state index is -1.13. The van der Waals surface area contributed by atoms with Gasteiger partial charge in [-0.05, 0) is 31.2 Å². The second-order valence-corrected chi connectivity index (χ2v) is 9.23. The zero-order valence-corrected chi connectivity index (χ0v) is 21.3. The largest absolute Gasteiger partial charge is 0.497 e. The zero-order valence-electron chi connectivity index (χ0n) is 21.3. The van der Waals surface area contributed by atoms with Gasteiger partial charge in [0, 0.05) is 12.5 Å². The summed E-state index contributed by atoms with van der Waals surface area (Å²) in [7, 11) is 1.57. The van der Waals surface area contributed by atoms with E-state index in [0.29, 0.717) is 11.3 Å². The maximum atomic E-state index is 13.5. The van der Waals surface area contributed by atoms with E-state index < -0.39 is 60.8 Å². The molecule has 0 unspecified atom stereocenters. The van der Waals surface area contributed by atoms with Crippen molar-refractivity contribution in [3.05, 3.63) is 77.9 Å². The van der Waals surface area contributed by atoms with Gasteiger partial charge in [-0.3, -0.25) is 19.3 Å². The van der Waals surface area contributed by atoms with Gasteiger partial charge in [0.2, 0.25) is 0 Å². The van der Waals surface area contributed by atoms with Gasteiger partial charge in [0.1, 0.15) is 24.0 Å². The summed E-state index contributed by atoms with van der Waals surface area (Å²) < 4.78 is 35.7. The molecule has 2 fully saturated rings. The number of imide groups is 1. The third kappa shape index (κ3) is 4.60. The molecule has 0 radical (unpaired) electrons. The Kier molecular flexibility index (Phi) is 7.31. The minimum absolute atomic E-state index is 0.0685. The van der Waals surface area contributed by atoms with E-state index in [2.05, 4.69) is 6.58 Å². The first-order chi connectivity index (χ1) is 18.3. The predicted octanol–water partition coefficient (Wildman–Crippen LogP) is 3.02. The topological polar surface area (TPSA) is 110 Å². The number of carbonyl (C=O) groups excluding carboxylic acids is 3. The number of amides is 2. The monoisotopic (exact) mass is 523 g/mol. The molecule has 7 atom stereocenters. The van der Waals surface area contributed by atoms with Crippen LogP contribution in [0.4, 0.5) is 0 Å². The average Bonchev–Trinajstić information content (AvgIpc) is 3.17. The van der Waals surface area contributed by atoms with Gasteiger partial charge >= 0.3 is 5.97 Å². The number of fused-ring (bicyclic) bond motifs is 2. The average molecular weight is 524 g/mol. The maximum Gasteiger partial charge on any atom is 0.303 e. The molecule has 2 saturated heterocycles. The molecular formula is C28H29NO9. The van der Waals surface area contributed by atoms with E-state index in [1.165, 1.54) is 13.0 Å². The molecule has 3 aliphatic heterocycles. The van der Waals surface area contributed by atoms with Crippen molar-refractivity contribution in [1.82, 2.24) is 4.90 Å². The SMILES string of the molecule is C=CCO[C@@H]1O[C@H]2[C@@H](O[C@H](c3ccc(OC)cc3)O[C@@H]2C)[C@H](OC(C)=O)[C@H]1N1C(=O)c2ccccc2C1=O. The van der Waals surface area contributed by atoms with Gasteiger partial charge in [0.15, 0.2) is 18.7 Å². The summed E-state index contributed by atoms with van der Waals surface area (Å²) in [6.07, 6.45) is -3.66. The van der Waals surface area contributed by atoms with Gasteiger partial charge in [-0.1, -0.05) is 30.3 Å². The van der Waals surface area contributed by atoms with E-state index >= 15 is 0 Å². The molecule has 0 aromatic heterocycles. The van der Waals surface area contributed by atoms with Gasteiger partial charge in [-0.15, -0.1) is 6.58 Å². The van der Waals surface area contributed by atoms with Crippen LogP contribution in [0.2, 0.25) is 0 Å². The molecule has 10 heteroatoms. The molecule has 38 heavy (non-hydrogen) atoms. The molecule has 2 amide bonds. The summed E-state index contributed by atoms with van der Waals surface area (Å²) in [5.41, 5.74) is 1.21. The highest BCUT2D eigenvalue weighted by molar-refractivity contribution is 6.21. The first-order valence-corrected chi connectivity index (χ1v) is 12.3. The standard InChI is InChI=1S/C28H29NO9/c1-5-14-34-28-21(29-25(31)19-8-6-7-9-20(19)26(29)32)23(36-16(3)30)24-22(37-28)15(2)35-27(38-24)17-10-12-18(33-4)13-11-17/h5-13,15,21-24,27-28H,1,14H2,2-4H3/t15-,21-,22-,23-,24-,27-,28-/m1/s1. The lowest BCUT2D eigenvalue weighted by atomic mass is 9.91. The molecular weight excluding hydrogens is 494 g/mol. The predicted molar refractivity (Wildman–Crippen MR) is 132 cm³/mol. The number of esters is 1. The van der Waals surface area contributed by atoms with Crippen molar-refractivity contribution in [3.63, 3.8) is 0 Å². The Labute approximate surface area is 220 Å². The van der Waals surface area contributed by atoms with E-state index in [-0.39, 0.29) is 17.7 Å². The molecule has 0 aliphatic carbocycles. The summed E-state index contributed by atoms with van der Waals surface area (Å²) in [5.74, 6) is -1.01. The van der Waals surface area contributed by atoms with Gasteiger partial charge < -0.3 is 28.4 Å². The van der Waals surface area contributed by atoms with E-state index in [4.69, 9.17) is 28.4 Å². The van der Waals surface area contributed by atoms with Crippen LogP contribution in [-0.4, -0.2) is 73.1 Å². The summed E-state index contributed by atoms with van der Waals surface area (Å²) >= 11 is 0. The Morgan fingerprint density at radius 3 is 2.24 bits per heavy atom. The van der Waals surface area contributed by atoms with E-state index in [1.54, 1.807) is 55.6 Å². The molecule has 3 heterocycles. The van der Waals surface area contributed by atoms with Crippen LogP contribution >= 0.6 is 0 Å². The van der Waals surface area contributed by atoms with Crippen molar-refractivity contribution in [3.8, 4) is 5.75 Å². The van der Waals surface area contributed by atoms with Crippen LogP contribution in [0, 0.1) is 0 Å². The van der Waals surface area contributed by atoms with Crippen molar-refractivity contribution < 1.29 is 42.8 Å². The molecule has 2 aromatic rings. The molecule has 200 valence electrons. The number of hydrogen-bond donors (Lipinski definition) is 0. The van der Waals surface area contributed by atoms with E-state index in [1.807, 2.05) is 6.92 Å². The van der Waals surface area contributed by atoms with Crippen LogP contribution in [0.3, 0.4) is 0 Å². The lowest BCUT2D eigenvalue weighted by Gasteiger charge is -2.52. The zero-order chi connectivity index (χ0) is 27.0. The van der Waals surface area contributed by atoms with Crippen molar-refractivity contribution in [2.24, 2.45) is 0 Å². The van der Waals surface area contributed by atoms with Crippen LogP contribution in [-0.2, 0) is 28.5 Å². The van der Waals surface area contributed by atoms with Crippen LogP contribution in [0.15, 0.2) is 61.2 Å². The first kappa shape index (κ1) is 26.1. The second kappa shape index (κ2) is 10.7. The number of benzene rings is 2. The van der Waals surface area contributed by atoms with Crippen LogP contribution in [0.5, 0.6) is 5.75 Å². The number of carbonyl (C=O) groups is 3. The molecule has 0 spiro atoms. The lowest BCUT2D eigenvalue weighted by Crippen LogP contribution is -2.69. The van der Waals surface area contributed by atoms with Crippen LogP contribution < -0.4 is 4.74 Å². The molecule has 3 aliphatic rings. The molecule has 0 saturated carbocycles. The Morgan fingerprint density at radius 2 is 1.66 bits per heavy atom. The summed E-state index contributed by atoms with van der Waals surface area (Å²) in [6, 6.07) is 12.6. The normalized spacial score (nSPS) is 30.4. The van der Waals surface area contributed by atoms with Gasteiger partial charge in [0.05, 0.1) is 30.9 Å². The maximum absolute atomic E-state index is 13.5. The second-order valence-electron chi connectivity index (χ2n) is 9.23. The third-order valence-corrected chi connectivity index (χ3v) is 6.83. The van der Waals surface area contributed by atoms with E-state index in [0.717, 1.165) is 4.90 Å². The fourth-order valence-electron chi connectivity index (χ4n) is 5.12. The van der Waals surface area contributed by atoms with Crippen molar-refractivity contribution >= 4 is 17.8 Å². The molecule has 0 bridgehead atoms. The van der Waals surface area contributed by atoms with Gasteiger partial charge in [0.25, 0.3) is 11.8 Å². The van der Waals surface area contributed by atoms with Crippen molar-refractivity contribution in [2.75, 3.05) is 13.7 Å². The number of rotatable bonds is 7. The first-order valence-electron chi connectivity index (χ1n) is 12.3. The molecule has 10 nitrogen and oxygen atoms in total. The fraction of sp³-hybridized carbons (Fsp3) is 0.393. The molecule has 2 aromatic carbocycles. The Morgan fingerprint density at radius 1 is 1.00 bits per heavy atom. The summed E-state index contributed by atoms with van der Waals surface area (Å²) in [6.45, 7) is 6.82. The number of nitrogens with zero attached hydrogens (tertiary/aromatic N) is 1. The highest BCUT2D eigenvalue weighted by atomic mass is 16.8. The highest BCUT2D eigenvalue weighted by Crippen LogP contribution is 2.41. The Hall–Kier alpha value is -3.57. The Balaban J connectivity index is 1.54. The Bertz CT molecular complexity index is 1190. The number of ether oxygens (including phenoxy) is 6. The quantitative estimate of drug-likeness (QED) is 0.307. The van der Waals surface area contributed by atoms with Crippen LogP contribution in [0.1, 0.15) is 46.4 Å². The van der Waals surface area contributed by atoms with Crippen molar-refractivity contribution in [2.45, 2.75) is 56.9 Å². The lowest BCUT2D eigenvalue weighted by molar-refractivity contribution is -0.365. The number of hydrogen-bond acceptors (Lipinski definition) is 9. The van der Waals surface area contributed by atoms with Gasteiger partial charge in [-0.2, -0.15) is 0 Å². The summed E-state index contributed by atoms with van der Waals surface area (Å²) in [5, 5.41) is 0. The fourth-order valence-corrected chi connectivity index (χ4v) is 5.12. The summed E-state index contributed by atoms with van der Waals surface area (Å²) in [4.78, 5) is 40.4. The molecule has 5 rings (SSSR count). The molecule has 0 N–H and O–H groups in total. The van der Waals surface area contributed by atoms with E-state index in [9.17, 15) is 14.4 Å². The highest BCUT2D eigenvalue weighted by Gasteiger charge is 2.59. The van der Waals surface area contributed by atoms with Gasteiger partial charge in [-0.25, -0.2) is 0 Å². The minimum Gasteiger partial charge on any atom is -0.497 e. The van der Waals surface area contributed by atoms with Crippen molar-refractivity contribution in [1.29, 1.82) is 0 Å². The number of methoxy groups -OCH3 is 1. The smallest absolute Gasteiger partial charge is 0.303 e. The van der Waals surface area contributed by atoms with Crippen LogP contribution in [0.25, 0.3) is 0 Å².